The minimum Gasteiger partial charge on any atom is -0.378 e. The van der Waals surface area contributed by atoms with E-state index < -0.39 is 0 Å². The van der Waals surface area contributed by atoms with Crippen molar-refractivity contribution in [3.8, 4) is 10.4 Å². The number of fused-ring (bicyclic) bond motifs is 2. The molecule has 0 spiro atoms. The number of rotatable bonds is 4. The van der Waals surface area contributed by atoms with Crippen LogP contribution in [0.4, 0.5) is 5.69 Å². The van der Waals surface area contributed by atoms with Crippen LogP contribution >= 0.6 is 11.3 Å². The highest BCUT2D eigenvalue weighted by Gasteiger charge is 2.39. The van der Waals surface area contributed by atoms with E-state index in [1.807, 2.05) is 6.07 Å². The van der Waals surface area contributed by atoms with Crippen LogP contribution in [0.2, 0.25) is 0 Å². The Balaban J connectivity index is 1.34. The molecule has 5 nitrogen and oxygen atoms in total. The van der Waals surface area contributed by atoms with Crippen molar-refractivity contribution in [2.24, 2.45) is 0 Å². The summed E-state index contributed by atoms with van der Waals surface area (Å²) >= 11 is 1.59. The molecule has 3 unspecified atom stereocenters. The second-order valence-electron chi connectivity index (χ2n) is 7.64. The van der Waals surface area contributed by atoms with Gasteiger partial charge in [0.15, 0.2) is 0 Å². The maximum atomic E-state index is 12.8. The highest BCUT2D eigenvalue weighted by molar-refractivity contribution is 7.17. The molecule has 6 heteroatoms. The van der Waals surface area contributed by atoms with Crippen LogP contribution in [0.3, 0.4) is 0 Å². The molecule has 0 saturated carbocycles. The number of benzene rings is 1. The molecule has 3 aliphatic rings. The molecule has 0 aliphatic carbocycles. The fourth-order valence-electron chi connectivity index (χ4n) is 4.59. The summed E-state index contributed by atoms with van der Waals surface area (Å²) in [5.74, 6) is 0.0643. The van der Waals surface area contributed by atoms with E-state index in [4.69, 9.17) is 4.74 Å². The second kappa shape index (κ2) is 7.26. The quantitative estimate of drug-likeness (QED) is 0.853. The number of nitrogens with zero attached hydrogens (tertiary/aromatic N) is 1. The summed E-state index contributed by atoms with van der Waals surface area (Å²) in [4.78, 5) is 17.1. The smallest absolute Gasteiger partial charge is 0.261 e. The molecular weight excluding hydrogens is 358 g/mol. The van der Waals surface area contributed by atoms with E-state index in [-0.39, 0.29) is 11.9 Å². The summed E-state index contributed by atoms with van der Waals surface area (Å²) in [7, 11) is 0. The zero-order chi connectivity index (χ0) is 18.2. The fourth-order valence-corrected chi connectivity index (χ4v) is 5.53. The topological polar surface area (TPSA) is 53.6 Å². The van der Waals surface area contributed by atoms with Gasteiger partial charge in [0.1, 0.15) is 0 Å². The Hall–Kier alpha value is -1.89. The lowest BCUT2D eigenvalue weighted by molar-refractivity contribution is 0.0935. The Morgan fingerprint density at radius 1 is 1.15 bits per heavy atom. The van der Waals surface area contributed by atoms with Gasteiger partial charge in [-0.3, -0.25) is 4.79 Å². The van der Waals surface area contributed by atoms with Gasteiger partial charge in [0, 0.05) is 47.3 Å². The molecule has 3 fully saturated rings. The third kappa shape index (κ3) is 3.37. The van der Waals surface area contributed by atoms with Gasteiger partial charge < -0.3 is 20.3 Å². The number of nitrogens with one attached hydrogen (secondary N) is 2. The summed E-state index contributed by atoms with van der Waals surface area (Å²) < 4.78 is 5.49. The summed E-state index contributed by atoms with van der Waals surface area (Å²) in [6.07, 6.45) is 3.49. The molecule has 2 N–H and O–H groups in total. The monoisotopic (exact) mass is 383 g/mol. The van der Waals surface area contributed by atoms with Crippen molar-refractivity contribution >= 4 is 22.9 Å². The fraction of sp³-hybridized carbons (Fsp3) is 0.476. The van der Waals surface area contributed by atoms with Crippen LogP contribution in [0.15, 0.2) is 36.4 Å². The van der Waals surface area contributed by atoms with Crippen molar-refractivity contribution in [1.82, 2.24) is 10.6 Å². The second-order valence-corrected chi connectivity index (χ2v) is 8.73. The predicted octanol–water partition coefficient (Wildman–Crippen LogP) is 2.87. The number of hydrogen-bond donors (Lipinski definition) is 2. The van der Waals surface area contributed by atoms with Crippen molar-refractivity contribution in [3.63, 3.8) is 0 Å². The van der Waals surface area contributed by atoms with Crippen molar-refractivity contribution < 1.29 is 9.53 Å². The third-order valence-electron chi connectivity index (χ3n) is 5.97. The molecule has 2 aromatic rings. The Morgan fingerprint density at radius 2 is 2.00 bits per heavy atom. The van der Waals surface area contributed by atoms with Crippen LogP contribution in [-0.2, 0) is 4.74 Å². The summed E-state index contributed by atoms with van der Waals surface area (Å²) in [6.45, 7) is 3.36. The summed E-state index contributed by atoms with van der Waals surface area (Å²) in [5.41, 5.74) is 2.43. The Labute approximate surface area is 163 Å². The SMILES string of the molecule is O=C(NC1CC2CCC1N2)c1ccc(-c2ccccc2N2CCOCC2)s1. The van der Waals surface area contributed by atoms with Crippen LogP contribution < -0.4 is 15.5 Å². The van der Waals surface area contributed by atoms with Gasteiger partial charge in [0.25, 0.3) is 5.91 Å². The number of ether oxygens (including phenoxy) is 1. The van der Waals surface area contributed by atoms with E-state index in [0.29, 0.717) is 12.1 Å². The minimum absolute atomic E-state index is 0.0643. The van der Waals surface area contributed by atoms with E-state index in [9.17, 15) is 4.79 Å². The highest BCUT2D eigenvalue weighted by Crippen LogP contribution is 2.36. The summed E-state index contributed by atoms with van der Waals surface area (Å²) in [5, 5.41) is 6.83. The van der Waals surface area contributed by atoms with Gasteiger partial charge in [-0.2, -0.15) is 0 Å². The lowest BCUT2D eigenvalue weighted by Crippen LogP contribution is -2.42. The van der Waals surface area contributed by atoms with Crippen LogP contribution in [-0.4, -0.2) is 50.3 Å². The molecule has 3 saturated heterocycles. The number of morpholine rings is 1. The number of para-hydroxylation sites is 1. The van der Waals surface area contributed by atoms with Gasteiger partial charge in [-0.25, -0.2) is 0 Å². The van der Waals surface area contributed by atoms with Crippen molar-refractivity contribution in [3.05, 3.63) is 41.3 Å². The lowest BCUT2D eigenvalue weighted by atomic mass is 9.95. The van der Waals surface area contributed by atoms with E-state index in [1.165, 1.54) is 24.1 Å². The average molecular weight is 384 g/mol. The van der Waals surface area contributed by atoms with Gasteiger partial charge in [-0.05, 0) is 37.5 Å². The first-order valence-electron chi connectivity index (χ1n) is 9.87. The van der Waals surface area contributed by atoms with Gasteiger partial charge in [-0.1, -0.05) is 18.2 Å². The number of anilines is 1. The number of hydrogen-bond acceptors (Lipinski definition) is 5. The van der Waals surface area contributed by atoms with Crippen molar-refractivity contribution in [2.45, 2.75) is 37.4 Å². The molecule has 4 heterocycles. The van der Waals surface area contributed by atoms with Gasteiger partial charge in [0.05, 0.1) is 18.1 Å². The molecule has 2 bridgehead atoms. The van der Waals surface area contributed by atoms with Crippen LogP contribution in [0, 0.1) is 0 Å². The van der Waals surface area contributed by atoms with Gasteiger partial charge in [-0.15, -0.1) is 11.3 Å². The largest absolute Gasteiger partial charge is 0.378 e. The maximum Gasteiger partial charge on any atom is 0.261 e. The normalized spacial score (nSPS) is 27.1. The first kappa shape index (κ1) is 17.2. The molecule has 3 aliphatic heterocycles. The van der Waals surface area contributed by atoms with E-state index in [0.717, 1.165) is 42.5 Å². The third-order valence-corrected chi connectivity index (χ3v) is 7.08. The van der Waals surface area contributed by atoms with Crippen molar-refractivity contribution in [2.75, 3.05) is 31.2 Å². The number of thiophene rings is 1. The number of amides is 1. The molecule has 142 valence electrons. The molecule has 3 atom stereocenters. The Morgan fingerprint density at radius 3 is 2.78 bits per heavy atom. The van der Waals surface area contributed by atoms with Crippen LogP contribution in [0.5, 0.6) is 0 Å². The van der Waals surface area contributed by atoms with Crippen molar-refractivity contribution in [1.29, 1.82) is 0 Å². The Kier molecular flexibility index (Phi) is 4.63. The predicted molar refractivity (Wildman–Crippen MR) is 109 cm³/mol. The number of carbonyl (C=O) groups excluding carboxylic acids is 1. The zero-order valence-electron chi connectivity index (χ0n) is 15.3. The standard InChI is InChI=1S/C21H25N3O2S/c25-21(23-17-13-14-5-6-16(17)22-14)20-8-7-19(27-20)15-3-1-2-4-18(15)24-9-11-26-12-10-24/h1-4,7-8,14,16-17,22H,5-6,9-13H2,(H,23,25). The number of carbonyl (C=O) groups is 1. The van der Waals surface area contributed by atoms with Crippen LogP contribution in [0.1, 0.15) is 28.9 Å². The minimum atomic E-state index is 0.0643. The average Bonchev–Trinajstić information content (AvgIpc) is 3.46. The molecule has 0 radical (unpaired) electrons. The highest BCUT2D eigenvalue weighted by atomic mass is 32.1. The molecule has 1 amide bonds. The lowest BCUT2D eigenvalue weighted by Gasteiger charge is -2.30. The molecule has 1 aromatic heterocycles. The summed E-state index contributed by atoms with van der Waals surface area (Å²) in [6, 6.07) is 13.9. The van der Waals surface area contributed by atoms with Crippen LogP contribution in [0.25, 0.3) is 10.4 Å². The zero-order valence-corrected chi connectivity index (χ0v) is 16.1. The first-order valence-corrected chi connectivity index (χ1v) is 10.7. The van der Waals surface area contributed by atoms with Gasteiger partial charge >= 0.3 is 0 Å². The molecule has 1 aromatic carbocycles. The van der Waals surface area contributed by atoms with E-state index in [1.54, 1.807) is 11.3 Å². The van der Waals surface area contributed by atoms with E-state index in [2.05, 4.69) is 45.9 Å². The van der Waals surface area contributed by atoms with Gasteiger partial charge in [0.2, 0.25) is 0 Å². The Bertz CT molecular complexity index is 830. The first-order chi connectivity index (χ1) is 13.3. The molecular formula is C21H25N3O2S. The molecule has 27 heavy (non-hydrogen) atoms. The maximum absolute atomic E-state index is 12.8. The molecule has 5 rings (SSSR count). The van der Waals surface area contributed by atoms with E-state index >= 15 is 0 Å².